The molecule has 0 saturated heterocycles. The van der Waals surface area contributed by atoms with E-state index in [0.29, 0.717) is 24.0 Å². The van der Waals surface area contributed by atoms with Crippen LogP contribution in [0.3, 0.4) is 0 Å². The van der Waals surface area contributed by atoms with Gasteiger partial charge in [0, 0.05) is 35.7 Å². The Morgan fingerprint density at radius 3 is 2.96 bits per heavy atom. The normalized spacial score (nSPS) is 13.2. The average Bonchev–Trinajstić information content (AvgIpc) is 3.28. The largest absolute Gasteiger partial charge is 0.492 e. The molecule has 0 atom stereocenters. The first-order valence-electron chi connectivity index (χ1n) is 7.04. The second kappa shape index (κ2) is 7.87. The first-order chi connectivity index (χ1) is 11.3. The Labute approximate surface area is 155 Å². The maximum Gasteiger partial charge on any atom is 0.238 e. The van der Waals surface area contributed by atoms with Crippen LogP contribution in [0.25, 0.3) is 11.6 Å². The number of aromatic nitrogens is 3. The molecule has 0 aliphatic carbocycles. The number of anilines is 1. The highest BCUT2D eigenvalue weighted by Gasteiger charge is 2.14. The second-order valence-electron chi connectivity index (χ2n) is 5.04. The maximum absolute atomic E-state index is 9.99. The average molecular weight is 380 g/mol. The third-order valence-corrected chi connectivity index (χ3v) is 3.48. The van der Waals surface area contributed by atoms with Crippen LogP contribution in [-0.2, 0) is 6.54 Å². The van der Waals surface area contributed by atoms with Crippen molar-refractivity contribution in [3.63, 3.8) is 0 Å². The molecule has 1 aliphatic heterocycles. The van der Waals surface area contributed by atoms with Gasteiger partial charge in [-0.2, -0.15) is 4.98 Å². The number of hydrogen-bond donors (Lipinski definition) is 3. The summed E-state index contributed by atoms with van der Waals surface area (Å²) in [4.78, 5) is 15.5. The van der Waals surface area contributed by atoms with E-state index in [2.05, 4.69) is 25.3 Å². The van der Waals surface area contributed by atoms with Crippen molar-refractivity contribution in [2.75, 3.05) is 5.32 Å². The molecule has 0 aromatic carbocycles. The van der Waals surface area contributed by atoms with Crippen LogP contribution in [0.4, 0.5) is 11.8 Å². The van der Waals surface area contributed by atoms with Crippen molar-refractivity contribution >= 4 is 54.4 Å². The first kappa shape index (κ1) is 18.6. The number of aliphatic imine (C=N–C) groups is 1. The van der Waals surface area contributed by atoms with Gasteiger partial charge in [-0.25, -0.2) is 9.98 Å². The van der Waals surface area contributed by atoms with Crippen LogP contribution in [0.2, 0.25) is 0 Å². The summed E-state index contributed by atoms with van der Waals surface area (Å²) in [6.45, 7) is 0.549. The quantitative estimate of drug-likeness (QED) is 0.639. The molecule has 3 aromatic heterocycles. The van der Waals surface area contributed by atoms with E-state index in [1.165, 1.54) is 0 Å². The summed E-state index contributed by atoms with van der Waals surface area (Å²) in [5.41, 5.74) is 3.30. The number of rotatable bonds is 4. The minimum Gasteiger partial charge on any atom is -0.492 e. The van der Waals surface area contributed by atoms with E-state index in [4.69, 9.17) is 4.42 Å². The third-order valence-electron chi connectivity index (χ3n) is 3.48. The van der Waals surface area contributed by atoms with Crippen LogP contribution in [-0.4, -0.2) is 26.3 Å². The molecule has 4 rings (SSSR count). The Bertz CT molecular complexity index is 903. The summed E-state index contributed by atoms with van der Waals surface area (Å²) >= 11 is 0. The number of halogens is 2. The fraction of sp³-hybridized carbons (Fsp3) is 0.0625. The van der Waals surface area contributed by atoms with Gasteiger partial charge in [-0.1, -0.05) is 0 Å². The van der Waals surface area contributed by atoms with Gasteiger partial charge in [-0.05, 0) is 24.3 Å². The highest BCUT2D eigenvalue weighted by Crippen LogP contribution is 2.31. The summed E-state index contributed by atoms with van der Waals surface area (Å²) in [7, 11) is 0. The van der Waals surface area contributed by atoms with Gasteiger partial charge < -0.3 is 19.8 Å². The maximum atomic E-state index is 9.99. The van der Waals surface area contributed by atoms with Crippen LogP contribution in [0.15, 0.2) is 46.3 Å². The highest BCUT2D eigenvalue weighted by atomic mass is 35.5. The number of nitrogens with one attached hydrogen (secondary N) is 2. The predicted molar refractivity (Wildman–Crippen MR) is 101 cm³/mol. The zero-order valence-corrected chi connectivity index (χ0v) is 14.5. The van der Waals surface area contributed by atoms with E-state index in [0.717, 1.165) is 16.7 Å². The molecule has 3 aromatic rings. The molecule has 1 aliphatic rings. The zero-order chi connectivity index (χ0) is 15.6. The van der Waals surface area contributed by atoms with Gasteiger partial charge >= 0.3 is 0 Å². The molecule has 9 heteroatoms. The second-order valence-corrected chi connectivity index (χ2v) is 5.04. The molecule has 0 bridgehead atoms. The number of fused-ring (bicyclic) bond motifs is 1. The molecule has 130 valence electrons. The van der Waals surface area contributed by atoms with Gasteiger partial charge in [0.2, 0.25) is 11.8 Å². The van der Waals surface area contributed by atoms with E-state index in [1.54, 1.807) is 31.0 Å². The number of imidazole rings is 1. The Balaban J connectivity index is 0.00000113. The molecule has 7 nitrogen and oxygen atoms in total. The van der Waals surface area contributed by atoms with E-state index >= 15 is 0 Å². The molecule has 0 amide bonds. The summed E-state index contributed by atoms with van der Waals surface area (Å²) in [5.74, 6) is 1.09. The Morgan fingerprint density at radius 2 is 2.16 bits per heavy atom. The molecular weight excluding hydrogens is 365 g/mol. The molecule has 4 heterocycles. The SMILES string of the molecule is Cl.Cl.Oc1nc(NCc2ccoc2)[nH]c1C=C1C=Nc2ncccc21. The fourth-order valence-corrected chi connectivity index (χ4v) is 2.34. The van der Waals surface area contributed by atoms with Crippen molar-refractivity contribution in [1.29, 1.82) is 0 Å². The number of H-pyrrole nitrogens is 1. The van der Waals surface area contributed by atoms with E-state index in [1.807, 2.05) is 18.2 Å². The standard InChI is InChI=1S/C16H13N5O2.2ClH/c22-15-13(6-11-8-18-14-12(11)2-1-4-17-14)20-16(21-15)19-7-10-3-5-23-9-10;;/h1-6,8-9,22H,7H2,(H2,19,20,21);2*1H. The van der Waals surface area contributed by atoms with Crippen LogP contribution in [0, 0.1) is 0 Å². The van der Waals surface area contributed by atoms with E-state index in [-0.39, 0.29) is 30.7 Å². The lowest BCUT2D eigenvalue weighted by Gasteiger charge is -1.99. The molecule has 0 fully saturated rings. The molecular formula is C16H15Cl2N5O2. The Kier molecular flexibility index (Phi) is 5.84. The number of nitrogens with zero attached hydrogens (tertiary/aromatic N) is 3. The number of aromatic amines is 1. The molecule has 0 spiro atoms. The van der Waals surface area contributed by atoms with Crippen molar-refractivity contribution in [3.05, 3.63) is 53.7 Å². The van der Waals surface area contributed by atoms with Crippen molar-refractivity contribution in [2.45, 2.75) is 6.54 Å². The van der Waals surface area contributed by atoms with Gasteiger partial charge in [-0.15, -0.1) is 24.8 Å². The third kappa shape index (κ3) is 3.84. The molecule has 25 heavy (non-hydrogen) atoms. The summed E-state index contributed by atoms with van der Waals surface area (Å²) in [5, 5.41) is 13.1. The monoisotopic (exact) mass is 379 g/mol. The van der Waals surface area contributed by atoms with Crippen LogP contribution in [0.1, 0.15) is 16.8 Å². The van der Waals surface area contributed by atoms with E-state index < -0.39 is 0 Å². The van der Waals surface area contributed by atoms with Crippen LogP contribution >= 0.6 is 24.8 Å². The van der Waals surface area contributed by atoms with Gasteiger partial charge in [0.05, 0.1) is 12.5 Å². The van der Waals surface area contributed by atoms with Crippen LogP contribution in [0.5, 0.6) is 5.88 Å². The number of allylic oxidation sites excluding steroid dienone is 1. The number of furan rings is 1. The first-order valence-corrected chi connectivity index (χ1v) is 7.04. The van der Waals surface area contributed by atoms with Gasteiger partial charge in [-0.3, -0.25) is 0 Å². The van der Waals surface area contributed by atoms with Crippen molar-refractivity contribution in [3.8, 4) is 5.88 Å². The lowest BCUT2D eigenvalue weighted by atomic mass is 10.1. The van der Waals surface area contributed by atoms with Gasteiger partial charge in [0.1, 0.15) is 5.69 Å². The molecule has 0 saturated carbocycles. The molecule has 3 N–H and O–H groups in total. The number of hydrogen-bond acceptors (Lipinski definition) is 6. The lowest BCUT2D eigenvalue weighted by Crippen LogP contribution is -1.99. The lowest BCUT2D eigenvalue weighted by molar-refractivity contribution is 0.455. The van der Waals surface area contributed by atoms with Crippen molar-refractivity contribution < 1.29 is 9.52 Å². The number of pyridine rings is 1. The topological polar surface area (TPSA) is 99.3 Å². The molecule has 0 unspecified atom stereocenters. The Hall–Kier alpha value is -2.77. The highest BCUT2D eigenvalue weighted by molar-refractivity contribution is 6.20. The summed E-state index contributed by atoms with van der Waals surface area (Å²) in [6, 6.07) is 5.65. The minimum atomic E-state index is -0.0714. The van der Waals surface area contributed by atoms with Crippen LogP contribution < -0.4 is 5.32 Å². The van der Waals surface area contributed by atoms with Gasteiger partial charge in [0.15, 0.2) is 5.82 Å². The predicted octanol–water partition coefficient (Wildman–Crippen LogP) is 3.82. The molecule has 0 radical (unpaired) electrons. The van der Waals surface area contributed by atoms with E-state index in [9.17, 15) is 5.11 Å². The summed E-state index contributed by atoms with van der Waals surface area (Å²) in [6.07, 6.45) is 8.47. The zero-order valence-electron chi connectivity index (χ0n) is 12.8. The Morgan fingerprint density at radius 1 is 1.28 bits per heavy atom. The fourth-order valence-electron chi connectivity index (χ4n) is 2.34. The smallest absolute Gasteiger partial charge is 0.238 e. The van der Waals surface area contributed by atoms with Crippen molar-refractivity contribution in [1.82, 2.24) is 15.0 Å². The summed E-state index contributed by atoms with van der Waals surface area (Å²) < 4.78 is 5.00. The minimum absolute atomic E-state index is 0. The van der Waals surface area contributed by atoms with Gasteiger partial charge in [0.25, 0.3) is 0 Å². The number of aromatic hydroxyl groups is 1. The van der Waals surface area contributed by atoms with Crippen molar-refractivity contribution in [2.24, 2.45) is 4.99 Å².